The molecule has 1 N–H and O–H groups in total. The Hall–Kier alpha value is -0.720. The predicted molar refractivity (Wildman–Crippen MR) is 47.5 cm³/mol. The van der Waals surface area contributed by atoms with Crippen molar-refractivity contribution in [2.75, 3.05) is 0 Å². The van der Waals surface area contributed by atoms with Crippen LogP contribution in [0.15, 0.2) is 23.0 Å². The van der Waals surface area contributed by atoms with Crippen LogP contribution in [0.4, 0.5) is 0 Å². The van der Waals surface area contributed by atoms with Gasteiger partial charge in [-0.15, -0.1) is 0 Å². The molecule has 1 heteroatoms. The van der Waals surface area contributed by atoms with Crippen molar-refractivity contribution in [2.24, 2.45) is 5.92 Å². The van der Waals surface area contributed by atoms with Crippen LogP contribution in [0, 0.1) is 5.92 Å². The van der Waals surface area contributed by atoms with Crippen LogP contribution in [0.5, 0.6) is 0 Å². The van der Waals surface area contributed by atoms with E-state index in [0.717, 1.165) is 18.4 Å². The number of hydrogen-bond donors (Lipinski definition) is 1. The van der Waals surface area contributed by atoms with E-state index in [1.54, 1.807) is 0 Å². The van der Waals surface area contributed by atoms with E-state index >= 15 is 0 Å². The first-order valence-corrected chi connectivity index (χ1v) is 4.24. The van der Waals surface area contributed by atoms with Gasteiger partial charge in [0.2, 0.25) is 0 Å². The quantitative estimate of drug-likeness (QED) is 0.611. The van der Waals surface area contributed by atoms with Crippen LogP contribution < -0.4 is 0 Å². The lowest BCUT2D eigenvalue weighted by Gasteiger charge is -2.19. The summed E-state index contributed by atoms with van der Waals surface area (Å²) in [6.07, 6.45) is 4.24. The van der Waals surface area contributed by atoms with Crippen molar-refractivity contribution in [3.05, 3.63) is 23.0 Å². The molecular weight excluding hydrogens is 136 g/mol. The predicted octanol–water partition coefficient (Wildman–Crippen LogP) is 3.19. The third-order valence-corrected chi connectivity index (χ3v) is 2.31. The highest BCUT2D eigenvalue weighted by atomic mass is 16.3. The van der Waals surface area contributed by atoms with Crippen molar-refractivity contribution in [1.82, 2.24) is 0 Å². The normalized spacial score (nSPS) is 25.4. The fraction of sp³-hybridized carbons (Fsp3) is 0.600. The highest BCUT2D eigenvalue weighted by molar-refractivity contribution is 5.30. The molecule has 0 aromatic heterocycles. The van der Waals surface area contributed by atoms with Gasteiger partial charge in [-0.3, -0.25) is 0 Å². The van der Waals surface area contributed by atoms with Gasteiger partial charge in [0.1, 0.15) is 0 Å². The monoisotopic (exact) mass is 152 g/mol. The second-order valence-electron chi connectivity index (χ2n) is 3.33. The van der Waals surface area contributed by atoms with Crippen molar-refractivity contribution in [1.29, 1.82) is 0 Å². The molecule has 0 aliphatic heterocycles. The first kappa shape index (κ1) is 8.38. The molecule has 1 atom stereocenters. The van der Waals surface area contributed by atoms with Crippen LogP contribution in [0.3, 0.4) is 0 Å². The van der Waals surface area contributed by atoms with Gasteiger partial charge in [-0.25, -0.2) is 0 Å². The minimum atomic E-state index is 0.329. The third-order valence-electron chi connectivity index (χ3n) is 2.31. The molecule has 0 saturated carbocycles. The number of rotatable bonds is 1. The summed E-state index contributed by atoms with van der Waals surface area (Å²) in [6, 6.07) is 0. The maximum Gasteiger partial charge on any atom is 0.0982 e. The zero-order valence-electron chi connectivity index (χ0n) is 7.52. The Bertz CT molecular complexity index is 211. The van der Waals surface area contributed by atoms with Crippen molar-refractivity contribution in [2.45, 2.75) is 33.6 Å². The Balaban J connectivity index is 2.87. The van der Waals surface area contributed by atoms with Crippen LogP contribution in [-0.4, -0.2) is 5.11 Å². The summed E-state index contributed by atoms with van der Waals surface area (Å²) in [5.41, 5.74) is 2.49. The molecular formula is C10H16O. The number of aliphatic hydroxyl groups excluding tert-OH is 1. The second-order valence-corrected chi connectivity index (χ2v) is 3.33. The lowest BCUT2D eigenvalue weighted by atomic mass is 9.89. The maximum atomic E-state index is 9.49. The maximum absolute atomic E-state index is 9.49. The molecule has 0 fully saturated rings. The lowest BCUT2D eigenvalue weighted by molar-refractivity contribution is 0.329. The highest BCUT2D eigenvalue weighted by Gasteiger charge is 2.15. The molecule has 0 saturated heterocycles. The van der Waals surface area contributed by atoms with Gasteiger partial charge >= 0.3 is 0 Å². The molecule has 0 aromatic carbocycles. The third kappa shape index (κ3) is 1.65. The van der Waals surface area contributed by atoms with Gasteiger partial charge in [0.05, 0.1) is 5.76 Å². The summed E-state index contributed by atoms with van der Waals surface area (Å²) in [4.78, 5) is 0. The summed E-state index contributed by atoms with van der Waals surface area (Å²) in [7, 11) is 0. The Morgan fingerprint density at radius 3 is 2.73 bits per heavy atom. The van der Waals surface area contributed by atoms with Gasteiger partial charge in [0.15, 0.2) is 0 Å². The summed E-state index contributed by atoms with van der Waals surface area (Å²) < 4.78 is 0. The molecule has 1 unspecified atom stereocenters. The smallest absolute Gasteiger partial charge is 0.0982 e. The van der Waals surface area contributed by atoms with Crippen LogP contribution in [0.1, 0.15) is 33.6 Å². The summed E-state index contributed by atoms with van der Waals surface area (Å²) in [5.74, 6) is 0.900. The first-order valence-electron chi connectivity index (χ1n) is 4.24. The van der Waals surface area contributed by atoms with Crippen LogP contribution in [0.25, 0.3) is 0 Å². The van der Waals surface area contributed by atoms with Crippen molar-refractivity contribution < 1.29 is 5.11 Å². The summed E-state index contributed by atoms with van der Waals surface area (Å²) >= 11 is 0. The number of allylic oxidation sites excluding steroid dienone is 4. The Kier molecular flexibility index (Phi) is 2.38. The molecule has 0 amide bonds. The van der Waals surface area contributed by atoms with Gasteiger partial charge in [-0.1, -0.05) is 25.5 Å². The van der Waals surface area contributed by atoms with Crippen LogP contribution >= 0.6 is 0 Å². The average molecular weight is 152 g/mol. The molecule has 1 aliphatic carbocycles. The molecule has 0 bridgehead atoms. The van der Waals surface area contributed by atoms with E-state index in [1.807, 2.05) is 6.92 Å². The van der Waals surface area contributed by atoms with Crippen LogP contribution in [-0.2, 0) is 0 Å². The van der Waals surface area contributed by atoms with Crippen molar-refractivity contribution >= 4 is 0 Å². The molecule has 1 rings (SSSR count). The average Bonchev–Trinajstić information content (AvgIpc) is 1.99. The van der Waals surface area contributed by atoms with Crippen molar-refractivity contribution in [3.63, 3.8) is 0 Å². The van der Waals surface area contributed by atoms with E-state index in [1.165, 1.54) is 5.57 Å². The molecule has 0 heterocycles. The number of aliphatic hydroxyl groups is 1. The zero-order chi connectivity index (χ0) is 8.43. The highest BCUT2D eigenvalue weighted by Crippen LogP contribution is 2.28. The molecule has 0 spiro atoms. The van der Waals surface area contributed by atoms with Gasteiger partial charge in [-0.05, 0) is 25.3 Å². The van der Waals surface area contributed by atoms with Gasteiger partial charge in [0.25, 0.3) is 0 Å². The SMILES string of the molecule is CCC1=CC(C)=C(O)C(C)C1. The molecule has 62 valence electrons. The standard InChI is InChI=1S/C10H16O/c1-4-9-5-7(2)10(11)8(3)6-9/h5,8,11H,4,6H2,1-3H3. The fourth-order valence-corrected chi connectivity index (χ4v) is 1.56. The van der Waals surface area contributed by atoms with E-state index < -0.39 is 0 Å². The molecule has 11 heavy (non-hydrogen) atoms. The topological polar surface area (TPSA) is 20.2 Å². The molecule has 1 nitrogen and oxygen atoms in total. The molecule has 0 radical (unpaired) electrons. The Morgan fingerprint density at radius 2 is 2.27 bits per heavy atom. The Morgan fingerprint density at radius 1 is 1.64 bits per heavy atom. The lowest BCUT2D eigenvalue weighted by Crippen LogP contribution is -2.07. The van der Waals surface area contributed by atoms with E-state index in [-0.39, 0.29) is 0 Å². The van der Waals surface area contributed by atoms with E-state index in [0.29, 0.717) is 11.7 Å². The van der Waals surface area contributed by atoms with E-state index in [2.05, 4.69) is 19.9 Å². The van der Waals surface area contributed by atoms with Crippen molar-refractivity contribution in [3.8, 4) is 0 Å². The molecule has 1 aliphatic rings. The minimum absolute atomic E-state index is 0.329. The van der Waals surface area contributed by atoms with E-state index in [4.69, 9.17) is 0 Å². The molecule has 0 aromatic rings. The largest absolute Gasteiger partial charge is 0.512 e. The summed E-state index contributed by atoms with van der Waals surface area (Å²) in [5, 5.41) is 9.49. The zero-order valence-corrected chi connectivity index (χ0v) is 7.52. The first-order chi connectivity index (χ1) is 5.15. The van der Waals surface area contributed by atoms with Gasteiger partial charge < -0.3 is 5.11 Å². The minimum Gasteiger partial charge on any atom is -0.512 e. The number of hydrogen-bond acceptors (Lipinski definition) is 1. The van der Waals surface area contributed by atoms with Gasteiger partial charge in [-0.2, -0.15) is 0 Å². The Labute approximate surface area is 68.4 Å². The summed E-state index contributed by atoms with van der Waals surface area (Å²) in [6.45, 7) is 6.20. The fourth-order valence-electron chi connectivity index (χ4n) is 1.56. The van der Waals surface area contributed by atoms with Crippen LogP contribution in [0.2, 0.25) is 0 Å². The van der Waals surface area contributed by atoms with E-state index in [9.17, 15) is 5.11 Å². The second kappa shape index (κ2) is 3.12. The van der Waals surface area contributed by atoms with Gasteiger partial charge in [0, 0.05) is 5.92 Å².